The number of rotatable bonds is 7. The lowest BCUT2D eigenvalue weighted by Crippen LogP contribution is -2.39. The molecule has 4 rings (SSSR count). The van der Waals surface area contributed by atoms with E-state index in [0.29, 0.717) is 13.3 Å². The molecule has 2 aliphatic rings. The van der Waals surface area contributed by atoms with Crippen LogP contribution in [0.1, 0.15) is 30.7 Å². The van der Waals surface area contributed by atoms with Gasteiger partial charge >= 0.3 is 5.69 Å². The van der Waals surface area contributed by atoms with Gasteiger partial charge in [0.05, 0.1) is 0 Å². The third-order valence-electron chi connectivity index (χ3n) is 5.24. The highest BCUT2D eigenvalue weighted by molar-refractivity contribution is 5.79. The number of guanidine groups is 1. The van der Waals surface area contributed by atoms with Crippen molar-refractivity contribution in [3.63, 3.8) is 0 Å². The first-order chi connectivity index (χ1) is 14.2. The van der Waals surface area contributed by atoms with Crippen molar-refractivity contribution >= 4 is 5.96 Å². The lowest BCUT2D eigenvalue weighted by molar-refractivity contribution is 0.174. The van der Waals surface area contributed by atoms with Crippen LogP contribution in [0.2, 0.25) is 0 Å². The minimum absolute atomic E-state index is 0.0194. The molecule has 0 bridgehead atoms. The Hall–Kier alpha value is -2.97. The van der Waals surface area contributed by atoms with E-state index in [2.05, 4.69) is 20.7 Å². The van der Waals surface area contributed by atoms with Gasteiger partial charge < -0.3 is 20.1 Å². The van der Waals surface area contributed by atoms with Gasteiger partial charge in [-0.05, 0) is 43.4 Å². The van der Waals surface area contributed by atoms with E-state index < -0.39 is 0 Å². The number of hydrogen-bond acceptors (Lipinski definition) is 5. The Morgan fingerprint density at radius 1 is 1.21 bits per heavy atom. The molecule has 29 heavy (non-hydrogen) atoms. The van der Waals surface area contributed by atoms with Gasteiger partial charge in [-0.25, -0.2) is 9.48 Å². The molecule has 1 aromatic carbocycles. The molecule has 0 saturated heterocycles. The normalized spacial score (nSPS) is 15.3. The molecule has 2 aromatic rings. The summed E-state index contributed by atoms with van der Waals surface area (Å²) in [4.78, 5) is 16.6. The third-order valence-corrected chi connectivity index (χ3v) is 5.24. The summed E-state index contributed by atoms with van der Waals surface area (Å²) in [6.07, 6.45) is 4.74. The predicted octanol–water partition coefficient (Wildman–Crippen LogP) is 0.908. The molecule has 2 N–H and O–H groups in total. The largest absolute Gasteiger partial charge is 0.454 e. The van der Waals surface area contributed by atoms with Crippen LogP contribution in [-0.2, 0) is 25.9 Å². The molecule has 156 valence electrons. The average Bonchev–Trinajstić information content (AvgIpc) is 3.34. The van der Waals surface area contributed by atoms with Crippen LogP contribution in [0.25, 0.3) is 0 Å². The first kappa shape index (κ1) is 19.4. The van der Waals surface area contributed by atoms with Crippen molar-refractivity contribution in [3.05, 3.63) is 40.1 Å². The zero-order chi connectivity index (χ0) is 20.1. The van der Waals surface area contributed by atoms with E-state index in [-0.39, 0.29) is 5.69 Å². The fourth-order valence-corrected chi connectivity index (χ4v) is 3.67. The lowest BCUT2D eigenvalue weighted by Gasteiger charge is -2.12. The second-order valence-corrected chi connectivity index (χ2v) is 7.25. The van der Waals surface area contributed by atoms with Crippen LogP contribution in [0.5, 0.6) is 11.5 Å². The molecule has 0 unspecified atom stereocenters. The Labute approximate surface area is 169 Å². The Bertz CT molecular complexity index is 933. The van der Waals surface area contributed by atoms with Crippen LogP contribution in [0.15, 0.2) is 28.0 Å². The van der Waals surface area contributed by atoms with E-state index in [4.69, 9.17) is 9.47 Å². The maximum atomic E-state index is 12.3. The van der Waals surface area contributed by atoms with Crippen molar-refractivity contribution < 1.29 is 9.47 Å². The van der Waals surface area contributed by atoms with Crippen LogP contribution < -0.4 is 25.8 Å². The molecule has 0 fully saturated rings. The number of nitrogens with zero attached hydrogens (tertiary/aromatic N) is 4. The van der Waals surface area contributed by atoms with E-state index in [1.165, 1.54) is 5.56 Å². The van der Waals surface area contributed by atoms with E-state index in [1.54, 1.807) is 11.7 Å². The topological polar surface area (TPSA) is 94.7 Å². The summed E-state index contributed by atoms with van der Waals surface area (Å²) >= 11 is 0. The van der Waals surface area contributed by atoms with Gasteiger partial charge in [-0.1, -0.05) is 6.07 Å². The van der Waals surface area contributed by atoms with Crippen molar-refractivity contribution in [1.82, 2.24) is 25.0 Å². The van der Waals surface area contributed by atoms with Crippen molar-refractivity contribution in [3.8, 4) is 11.5 Å². The number of ether oxygens (including phenoxy) is 2. The summed E-state index contributed by atoms with van der Waals surface area (Å²) in [6, 6.07) is 6.01. The molecular formula is C20H28N6O3. The highest BCUT2D eigenvalue weighted by atomic mass is 16.7. The molecule has 0 saturated carbocycles. The number of nitrogens with one attached hydrogen (secondary N) is 2. The number of fused-ring (bicyclic) bond motifs is 2. The summed E-state index contributed by atoms with van der Waals surface area (Å²) in [5.41, 5.74) is 1.20. The highest BCUT2D eigenvalue weighted by Gasteiger charge is 2.16. The predicted molar refractivity (Wildman–Crippen MR) is 110 cm³/mol. The van der Waals surface area contributed by atoms with E-state index >= 15 is 0 Å². The zero-order valence-corrected chi connectivity index (χ0v) is 16.8. The number of aryl methyl sites for hydroxylation is 2. The maximum absolute atomic E-state index is 12.3. The molecular weight excluding hydrogens is 372 g/mol. The highest BCUT2D eigenvalue weighted by Crippen LogP contribution is 2.32. The minimum Gasteiger partial charge on any atom is -0.454 e. The summed E-state index contributed by atoms with van der Waals surface area (Å²) in [6.45, 7) is 3.18. The second-order valence-electron chi connectivity index (χ2n) is 7.25. The van der Waals surface area contributed by atoms with Gasteiger partial charge in [-0.15, -0.1) is 0 Å². The fourth-order valence-electron chi connectivity index (χ4n) is 3.67. The number of benzene rings is 1. The Kier molecular flexibility index (Phi) is 6.02. The molecule has 0 amide bonds. The van der Waals surface area contributed by atoms with Crippen LogP contribution in [0.4, 0.5) is 0 Å². The number of hydrogen-bond donors (Lipinski definition) is 2. The molecule has 0 aliphatic carbocycles. The summed E-state index contributed by atoms with van der Waals surface area (Å²) < 4.78 is 14.2. The third kappa shape index (κ3) is 4.55. The van der Waals surface area contributed by atoms with Gasteiger partial charge in [0.2, 0.25) is 6.79 Å². The van der Waals surface area contributed by atoms with Gasteiger partial charge in [-0.3, -0.25) is 9.56 Å². The molecule has 0 atom stereocenters. The van der Waals surface area contributed by atoms with Gasteiger partial charge in [-0.2, -0.15) is 5.10 Å². The van der Waals surface area contributed by atoms with Crippen LogP contribution in [-0.4, -0.2) is 47.2 Å². The first-order valence-corrected chi connectivity index (χ1v) is 10.2. The maximum Gasteiger partial charge on any atom is 0.345 e. The molecule has 1 aromatic heterocycles. The number of aliphatic imine (C=N–C) groups is 1. The first-order valence-electron chi connectivity index (χ1n) is 10.2. The monoisotopic (exact) mass is 400 g/mol. The fraction of sp³-hybridized carbons (Fsp3) is 0.550. The lowest BCUT2D eigenvalue weighted by atomic mass is 10.1. The molecule has 0 spiro atoms. The van der Waals surface area contributed by atoms with Gasteiger partial charge in [0.15, 0.2) is 17.5 Å². The summed E-state index contributed by atoms with van der Waals surface area (Å²) in [7, 11) is 1.75. The molecule has 9 heteroatoms. The van der Waals surface area contributed by atoms with E-state index in [1.807, 2.05) is 22.8 Å². The Morgan fingerprint density at radius 3 is 2.93 bits per heavy atom. The zero-order valence-electron chi connectivity index (χ0n) is 16.8. The Balaban J connectivity index is 1.18. The van der Waals surface area contributed by atoms with Crippen LogP contribution in [0, 0.1) is 0 Å². The van der Waals surface area contributed by atoms with Gasteiger partial charge in [0.25, 0.3) is 0 Å². The molecule has 2 aliphatic heterocycles. The van der Waals surface area contributed by atoms with Gasteiger partial charge in [0, 0.05) is 39.6 Å². The standard InChI is InChI=1S/C20H28N6O3/c1-21-19(23-10-8-15-6-7-16-17(13-15)29-14-28-16)22-9-4-12-26-20(27)25-11-3-2-5-18(25)24-26/h6-7,13H,2-5,8-12,14H2,1H3,(H2,21,22,23). The van der Waals surface area contributed by atoms with E-state index in [9.17, 15) is 4.79 Å². The Morgan fingerprint density at radius 2 is 2.07 bits per heavy atom. The van der Waals surface area contributed by atoms with E-state index in [0.717, 1.165) is 75.0 Å². The SMILES string of the molecule is CN=C(NCCCn1nc2n(c1=O)CCCC2)NCCc1ccc2c(c1)OCO2. The number of aromatic nitrogens is 3. The van der Waals surface area contributed by atoms with Gasteiger partial charge in [0.1, 0.15) is 5.82 Å². The molecule has 0 radical (unpaired) electrons. The average molecular weight is 400 g/mol. The van der Waals surface area contributed by atoms with Crippen molar-refractivity contribution in [2.75, 3.05) is 26.9 Å². The molecule has 3 heterocycles. The minimum atomic E-state index is 0.0194. The van der Waals surface area contributed by atoms with Crippen LogP contribution >= 0.6 is 0 Å². The summed E-state index contributed by atoms with van der Waals surface area (Å²) in [5.74, 6) is 3.29. The summed E-state index contributed by atoms with van der Waals surface area (Å²) in [5, 5.41) is 11.1. The quantitative estimate of drug-likeness (QED) is 0.408. The smallest absolute Gasteiger partial charge is 0.345 e. The van der Waals surface area contributed by atoms with Crippen molar-refractivity contribution in [2.45, 2.75) is 45.2 Å². The second kappa shape index (κ2) is 9.02. The van der Waals surface area contributed by atoms with Crippen molar-refractivity contribution in [2.24, 2.45) is 4.99 Å². The molecule has 9 nitrogen and oxygen atoms in total. The van der Waals surface area contributed by atoms with Crippen LogP contribution in [0.3, 0.4) is 0 Å². The van der Waals surface area contributed by atoms with Crippen molar-refractivity contribution in [1.29, 1.82) is 0 Å².